The number of hydrogen-bond acceptors (Lipinski definition) is 5. The van der Waals surface area contributed by atoms with Crippen molar-refractivity contribution in [3.05, 3.63) is 82.9 Å². The van der Waals surface area contributed by atoms with Crippen molar-refractivity contribution < 1.29 is 23.1 Å². The number of halogens is 1. The Balaban J connectivity index is 1.90. The second kappa shape index (κ2) is 7.92. The normalized spacial score (nSPS) is 11.1. The fourth-order valence-corrected chi connectivity index (χ4v) is 3.65. The number of esters is 1. The van der Waals surface area contributed by atoms with Gasteiger partial charge in [0.15, 0.2) is 11.5 Å². The highest BCUT2D eigenvalue weighted by molar-refractivity contribution is 7.92. The minimum absolute atomic E-state index is 0.0142. The Bertz CT molecular complexity index is 1110. The molecule has 8 heteroatoms. The lowest BCUT2D eigenvalue weighted by molar-refractivity contribution is 0.0730. The first kappa shape index (κ1) is 19.7. The number of aromatic hydroxyl groups is 1. The van der Waals surface area contributed by atoms with Crippen LogP contribution in [0.5, 0.6) is 11.5 Å². The van der Waals surface area contributed by atoms with E-state index in [1.807, 2.05) is 6.92 Å². The number of benzene rings is 3. The number of phenols is 1. The van der Waals surface area contributed by atoms with Crippen LogP contribution in [0, 0.1) is 6.92 Å². The molecule has 0 aliphatic carbocycles. The minimum Gasteiger partial charge on any atom is -0.503 e. The average molecular weight is 418 g/mol. The lowest BCUT2D eigenvalue weighted by atomic mass is 10.2. The van der Waals surface area contributed by atoms with E-state index in [0.29, 0.717) is 0 Å². The van der Waals surface area contributed by atoms with Crippen molar-refractivity contribution >= 4 is 33.3 Å². The molecule has 0 atom stereocenters. The third-order valence-corrected chi connectivity index (χ3v) is 5.43. The number of sulfonamides is 1. The molecule has 0 radical (unpaired) electrons. The highest BCUT2D eigenvalue weighted by Crippen LogP contribution is 2.38. The van der Waals surface area contributed by atoms with Gasteiger partial charge in [0.25, 0.3) is 10.0 Å². The summed E-state index contributed by atoms with van der Waals surface area (Å²) in [5, 5.41) is 10.5. The monoisotopic (exact) mass is 417 g/mol. The van der Waals surface area contributed by atoms with E-state index in [9.17, 15) is 18.3 Å². The second-order valence-corrected chi connectivity index (χ2v) is 8.09. The van der Waals surface area contributed by atoms with Crippen LogP contribution < -0.4 is 9.46 Å². The number of ether oxygens (including phenoxy) is 1. The molecule has 0 amide bonds. The van der Waals surface area contributed by atoms with E-state index in [2.05, 4.69) is 4.72 Å². The van der Waals surface area contributed by atoms with E-state index in [1.165, 1.54) is 24.3 Å². The molecule has 3 rings (SSSR count). The van der Waals surface area contributed by atoms with Crippen LogP contribution in [-0.2, 0) is 10.0 Å². The SMILES string of the molecule is Cc1ccc(S(=O)(=O)Nc2cc(Cl)cc(OC(=O)c3ccccc3)c2O)cc1. The first-order valence-electron chi connectivity index (χ1n) is 8.15. The molecule has 2 N–H and O–H groups in total. The van der Waals surface area contributed by atoms with Crippen LogP contribution in [0.4, 0.5) is 5.69 Å². The molecule has 28 heavy (non-hydrogen) atoms. The zero-order valence-electron chi connectivity index (χ0n) is 14.7. The lowest BCUT2D eigenvalue weighted by Gasteiger charge is -2.13. The van der Waals surface area contributed by atoms with Crippen molar-refractivity contribution in [1.82, 2.24) is 0 Å². The van der Waals surface area contributed by atoms with Crippen LogP contribution in [0.3, 0.4) is 0 Å². The van der Waals surface area contributed by atoms with E-state index >= 15 is 0 Å². The van der Waals surface area contributed by atoms with Gasteiger partial charge in [0.2, 0.25) is 0 Å². The van der Waals surface area contributed by atoms with Gasteiger partial charge in [0, 0.05) is 11.1 Å². The van der Waals surface area contributed by atoms with Gasteiger partial charge in [0.1, 0.15) is 0 Å². The molecule has 0 aliphatic heterocycles. The van der Waals surface area contributed by atoms with Crippen molar-refractivity contribution in [2.45, 2.75) is 11.8 Å². The standard InChI is InChI=1S/C20H16ClNO5S/c1-13-7-9-16(10-8-13)28(25,26)22-17-11-15(21)12-18(19(17)23)27-20(24)14-5-3-2-4-6-14/h2-12,22-23H,1H3. The maximum Gasteiger partial charge on any atom is 0.343 e. The summed E-state index contributed by atoms with van der Waals surface area (Å²) in [6.45, 7) is 1.83. The smallest absolute Gasteiger partial charge is 0.343 e. The second-order valence-electron chi connectivity index (χ2n) is 5.97. The van der Waals surface area contributed by atoms with Crippen LogP contribution in [0.25, 0.3) is 0 Å². The fraction of sp³-hybridized carbons (Fsp3) is 0.0500. The summed E-state index contributed by atoms with van der Waals surface area (Å²) >= 11 is 6.01. The molecule has 6 nitrogen and oxygen atoms in total. The van der Waals surface area contributed by atoms with Crippen LogP contribution in [0.15, 0.2) is 71.6 Å². The highest BCUT2D eigenvalue weighted by Gasteiger charge is 2.20. The zero-order chi connectivity index (χ0) is 20.3. The maximum atomic E-state index is 12.6. The van der Waals surface area contributed by atoms with E-state index in [1.54, 1.807) is 42.5 Å². The number of phenolic OH excluding ortho intramolecular Hbond substituents is 1. The zero-order valence-corrected chi connectivity index (χ0v) is 16.3. The summed E-state index contributed by atoms with van der Waals surface area (Å²) < 4.78 is 32.6. The molecule has 0 saturated carbocycles. The van der Waals surface area contributed by atoms with Crippen molar-refractivity contribution in [1.29, 1.82) is 0 Å². The van der Waals surface area contributed by atoms with E-state index < -0.39 is 21.7 Å². The number of anilines is 1. The molecule has 0 saturated heterocycles. The predicted molar refractivity (Wildman–Crippen MR) is 107 cm³/mol. The van der Waals surface area contributed by atoms with Gasteiger partial charge in [-0.05, 0) is 37.3 Å². The Labute approximate surface area is 167 Å². The number of nitrogens with one attached hydrogen (secondary N) is 1. The quantitative estimate of drug-likeness (QED) is 0.365. The molecule has 3 aromatic carbocycles. The summed E-state index contributed by atoms with van der Waals surface area (Å²) in [6, 6.07) is 16.8. The van der Waals surface area contributed by atoms with Gasteiger partial charge in [-0.2, -0.15) is 0 Å². The molecule has 0 aromatic heterocycles. The Kier molecular flexibility index (Phi) is 5.58. The summed E-state index contributed by atoms with van der Waals surface area (Å²) in [6.07, 6.45) is 0. The van der Waals surface area contributed by atoms with Gasteiger partial charge in [-0.1, -0.05) is 47.5 Å². The molecule has 0 bridgehead atoms. The van der Waals surface area contributed by atoms with Gasteiger partial charge in [-0.3, -0.25) is 4.72 Å². The predicted octanol–water partition coefficient (Wildman–Crippen LogP) is 4.37. The molecule has 0 aliphatic rings. The summed E-state index contributed by atoms with van der Waals surface area (Å²) in [4.78, 5) is 12.2. The van der Waals surface area contributed by atoms with E-state index in [-0.39, 0.29) is 26.9 Å². The number of carbonyl (C=O) groups excluding carboxylic acids is 1. The van der Waals surface area contributed by atoms with Crippen LogP contribution >= 0.6 is 11.6 Å². The highest BCUT2D eigenvalue weighted by atomic mass is 35.5. The first-order valence-corrected chi connectivity index (χ1v) is 10.0. The number of aryl methyl sites for hydroxylation is 1. The molecular formula is C20H16ClNO5S. The van der Waals surface area contributed by atoms with Gasteiger partial charge in [0.05, 0.1) is 16.1 Å². The molecular weight excluding hydrogens is 402 g/mol. The van der Waals surface area contributed by atoms with Crippen molar-refractivity contribution in [2.24, 2.45) is 0 Å². The fourth-order valence-electron chi connectivity index (χ4n) is 2.38. The Morgan fingerprint density at radius 3 is 2.32 bits per heavy atom. The summed E-state index contributed by atoms with van der Waals surface area (Å²) in [5.74, 6) is -1.53. The topological polar surface area (TPSA) is 92.7 Å². The lowest BCUT2D eigenvalue weighted by Crippen LogP contribution is -2.14. The third kappa shape index (κ3) is 4.44. The summed E-state index contributed by atoms with van der Waals surface area (Å²) in [5.41, 5.74) is 0.965. The Hall–Kier alpha value is -3.03. The van der Waals surface area contributed by atoms with Crippen LogP contribution in [-0.4, -0.2) is 19.5 Å². The largest absolute Gasteiger partial charge is 0.503 e. The third-order valence-electron chi connectivity index (χ3n) is 3.83. The van der Waals surface area contributed by atoms with E-state index in [0.717, 1.165) is 5.56 Å². The molecule has 0 spiro atoms. The van der Waals surface area contributed by atoms with Crippen molar-refractivity contribution in [2.75, 3.05) is 4.72 Å². The average Bonchev–Trinajstić information content (AvgIpc) is 2.66. The number of rotatable bonds is 5. The van der Waals surface area contributed by atoms with Gasteiger partial charge < -0.3 is 9.84 Å². The van der Waals surface area contributed by atoms with Crippen LogP contribution in [0.1, 0.15) is 15.9 Å². The Morgan fingerprint density at radius 1 is 1.04 bits per heavy atom. The van der Waals surface area contributed by atoms with Gasteiger partial charge in [-0.15, -0.1) is 0 Å². The van der Waals surface area contributed by atoms with Crippen LogP contribution in [0.2, 0.25) is 5.02 Å². The minimum atomic E-state index is -3.98. The number of carbonyl (C=O) groups is 1. The molecule has 0 unspecified atom stereocenters. The molecule has 144 valence electrons. The van der Waals surface area contributed by atoms with Gasteiger partial charge in [-0.25, -0.2) is 13.2 Å². The summed E-state index contributed by atoms with van der Waals surface area (Å²) in [7, 11) is -3.98. The molecule has 3 aromatic rings. The molecule has 0 heterocycles. The van der Waals surface area contributed by atoms with E-state index in [4.69, 9.17) is 16.3 Å². The van der Waals surface area contributed by atoms with Crippen molar-refractivity contribution in [3.63, 3.8) is 0 Å². The maximum absolute atomic E-state index is 12.6. The molecule has 0 fully saturated rings. The first-order chi connectivity index (χ1) is 13.3. The van der Waals surface area contributed by atoms with Crippen molar-refractivity contribution in [3.8, 4) is 11.5 Å². The Morgan fingerprint density at radius 2 is 1.68 bits per heavy atom. The van der Waals surface area contributed by atoms with Gasteiger partial charge >= 0.3 is 5.97 Å². The number of hydrogen-bond donors (Lipinski definition) is 2.